The van der Waals surface area contributed by atoms with Crippen LogP contribution in [0, 0.1) is 17.8 Å². The summed E-state index contributed by atoms with van der Waals surface area (Å²) in [7, 11) is 0. The van der Waals surface area contributed by atoms with E-state index in [0.29, 0.717) is 5.92 Å². The van der Waals surface area contributed by atoms with Gasteiger partial charge in [-0.3, -0.25) is 10.3 Å². The summed E-state index contributed by atoms with van der Waals surface area (Å²) in [4.78, 5) is 15.4. The maximum Gasteiger partial charge on any atom is 0.332 e. The van der Waals surface area contributed by atoms with Crippen molar-refractivity contribution in [2.24, 2.45) is 17.8 Å². The molecule has 4 unspecified atom stereocenters. The Bertz CT molecular complexity index is 486. The first-order valence-electron chi connectivity index (χ1n) is 9.24. The molecule has 0 aliphatic heterocycles. The summed E-state index contributed by atoms with van der Waals surface area (Å²) in [5.41, 5.74) is 4.82. The predicted octanol–water partition coefficient (Wildman–Crippen LogP) is 1.97. The predicted molar refractivity (Wildman–Crippen MR) is 87.8 cm³/mol. The monoisotopic (exact) mass is 339 g/mol. The number of aliphatic hydroxyl groups excluding tert-OH is 2. The van der Waals surface area contributed by atoms with Gasteiger partial charge in [-0.05, 0) is 55.9 Å². The zero-order valence-electron chi connectivity index (χ0n) is 14.1. The van der Waals surface area contributed by atoms with Crippen LogP contribution >= 0.6 is 0 Å². The van der Waals surface area contributed by atoms with E-state index in [1.165, 1.54) is 24.8 Å². The minimum absolute atomic E-state index is 0.178. The van der Waals surface area contributed by atoms with E-state index in [9.17, 15) is 15.0 Å². The van der Waals surface area contributed by atoms with Crippen LogP contribution in [0.5, 0.6) is 0 Å². The fourth-order valence-corrected chi connectivity index (χ4v) is 4.60. The molecule has 6 heteroatoms. The van der Waals surface area contributed by atoms with Gasteiger partial charge in [0, 0.05) is 11.6 Å². The van der Waals surface area contributed by atoms with E-state index in [1.54, 1.807) is 0 Å². The average molecular weight is 339 g/mol. The number of aliphatic carboxylic acids is 1. The molecule has 4 atom stereocenters. The fourth-order valence-electron chi connectivity index (χ4n) is 4.60. The number of carboxylic acid groups (broad SMARTS) is 1. The molecule has 0 radical (unpaired) electrons. The van der Waals surface area contributed by atoms with Crippen molar-refractivity contribution in [1.29, 1.82) is 0 Å². The van der Waals surface area contributed by atoms with Crippen molar-refractivity contribution in [2.75, 3.05) is 6.61 Å². The van der Waals surface area contributed by atoms with Gasteiger partial charge in [0.15, 0.2) is 6.61 Å². The molecule has 0 bridgehead atoms. The Morgan fingerprint density at radius 1 is 1.25 bits per heavy atom. The maximum absolute atomic E-state index is 10.5. The van der Waals surface area contributed by atoms with Gasteiger partial charge in [0.25, 0.3) is 0 Å². The summed E-state index contributed by atoms with van der Waals surface area (Å²) in [6, 6.07) is 0. The smallest absolute Gasteiger partial charge is 0.332 e. The summed E-state index contributed by atoms with van der Waals surface area (Å²) in [5.74, 6) is -0.195. The highest BCUT2D eigenvalue weighted by Gasteiger charge is 2.45. The Morgan fingerprint density at radius 2 is 2.00 bits per heavy atom. The Labute approximate surface area is 142 Å². The number of allylic oxidation sites excluding steroid dienone is 1. The van der Waals surface area contributed by atoms with Crippen LogP contribution in [0.15, 0.2) is 11.3 Å². The molecule has 3 rings (SSSR count). The molecular formula is C18H29NO5. The first-order valence-corrected chi connectivity index (χ1v) is 9.24. The van der Waals surface area contributed by atoms with Gasteiger partial charge in [-0.25, -0.2) is 4.79 Å². The van der Waals surface area contributed by atoms with Crippen molar-refractivity contribution in [2.45, 2.75) is 70.0 Å². The third kappa shape index (κ3) is 3.92. The first kappa shape index (κ1) is 17.7. The van der Waals surface area contributed by atoms with Crippen molar-refractivity contribution in [1.82, 2.24) is 5.48 Å². The minimum atomic E-state index is -1.01. The van der Waals surface area contributed by atoms with Crippen LogP contribution in [0.3, 0.4) is 0 Å². The molecule has 0 aromatic rings. The van der Waals surface area contributed by atoms with Crippen molar-refractivity contribution in [3.63, 3.8) is 0 Å². The van der Waals surface area contributed by atoms with Gasteiger partial charge in [0.05, 0.1) is 12.2 Å². The van der Waals surface area contributed by atoms with Crippen molar-refractivity contribution in [3.8, 4) is 0 Å². The number of fused-ring (bicyclic) bond motifs is 1. The van der Waals surface area contributed by atoms with Crippen LogP contribution in [0.2, 0.25) is 0 Å². The van der Waals surface area contributed by atoms with E-state index >= 15 is 0 Å². The number of hydrogen-bond donors (Lipinski definition) is 4. The van der Waals surface area contributed by atoms with Crippen LogP contribution in [0.25, 0.3) is 0 Å². The topological polar surface area (TPSA) is 99.0 Å². The molecule has 3 aliphatic rings. The van der Waals surface area contributed by atoms with Crippen LogP contribution in [0.1, 0.15) is 57.8 Å². The van der Waals surface area contributed by atoms with Gasteiger partial charge in [-0.2, -0.15) is 0 Å². The van der Waals surface area contributed by atoms with Gasteiger partial charge < -0.3 is 15.3 Å². The number of nitrogens with one attached hydrogen (secondary N) is 1. The van der Waals surface area contributed by atoms with Crippen molar-refractivity contribution < 1.29 is 25.0 Å². The highest BCUT2D eigenvalue weighted by atomic mass is 16.7. The van der Waals surface area contributed by atoms with Gasteiger partial charge in [0.1, 0.15) is 0 Å². The molecule has 0 heterocycles. The van der Waals surface area contributed by atoms with Crippen molar-refractivity contribution >= 4 is 5.97 Å². The van der Waals surface area contributed by atoms with E-state index in [1.807, 2.05) is 0 Å². The molecule has 6 nitrogen and oxygen atoms in total. The Hall–Kier alpha value is -1.11. The lowest BCUT2D eigenvalue weighted by Crippen LogP contribution is -2.33. The summed E-state index contributed by atoms with van der Waals surface area (Å²) in [6.45, 7) is -0.374. The minimum Gasteiger partial charge on any atom is -0.479 e. The molecule has 4 N–H and O–H groups in total. The second-order valence-electron chi connectivity index (χ2n) is 7.60. The normalized spacial score (nSPS) is 31.5. The zero-order chi connectivity index (χ0) is 17.1. The third-order valence-electron chi connectivity index (χ3n) is 6.05. The molecule has 0 aromatic heterocycles. The van der Waals surface area contributed by atoms with Crippen LogP contribution in [-0.4, -0.2) is 40.1 Å². The van der Waals surface area contributed by atoms with Gasteiger partial charge in [-0.15, -0.1) is 0 Å². The SMILES string of the molecule is O=C(O)CONC1=C2CC(CCC(O)C3CCCCC3)C(O)C2C1. The Kier molecular flexibility index (Phi) is 5.79. The second kappa shape index (κ2) is 7.85. The molecule has 136 valence electrons. The fraction of sp³-hybridized carbons (Fsp3) is 0.833. The number of hydrogen-bond acceptors (Lipinski definition) is 5. The molecule has 2 fully saturated rings. The molecule has 0 saturated heterocycles. The summed E-state index contributed by atoms with van der Waals surface area (Å²) in [6.07, 6.45) is 8.60. The first-order chi connectivity index (χ1) is 11.6. The lowest BCUT2D eigenvalue weighted by atomic mass is 9.82. The quantitative estimate of drug-likeness (QED) is 0.505. The van der Waals surface area contributed by atoms with E-state index in [-0.39, 0.29) is 30.7 Å². The maximum atomic E-state index is 10.5. The molecule has 24 heavy (non-hydrogen) atoms. The van der Waals surface area contributed by atoms with E-state index in [2.05, 4.69) is 5.48 Å². The number of aliphatic hydroxyl groups is 2. The lowest BCUT2D eigenvalue weighted by Gasteiger charge is -2.30. The van der Waals surface area contributed by atoms with Crippen LogP contribution < -0.4 is 5.48 Å². The van der Waals surface area contributed by atoms with Gasteiger partial charge in [-0.1, -0.05) is 19.3 Å². The summed E-state index contributed by atoms with van der Waals surface area (Å²) >= 11 is 0. The van der Waals surface area contributed by atoms with E-state index in [0.717, 1.165) is 44.2 Å². The lowest BCUT2D eigenvalue weighted by molar-refractivity contribution is -0.144. The highest BCUT2D eigenvalue weighted by Crippen LogP contribution is 2.49. The number of rotatable bonds is 8. The van der Waals surface area contributed by atoms with Crippen molar-refractivity contribution in [3.05, 3.63) is 11.3 Å². The van der Waals surface area contributed by atoms with E-state index < -0.39 is 5.97 Å². The van der Waals surface area contributed by atoms with Gasteiger partial charge >= 0.3 is 5.97 Å². The number of carbonyl (C=O) groups is 1. The second-order valence-corrected chi connectivity index (χ2v) is 7.60. The molecular weight excluding hydrogens is 310 g/mol. The van der Waals surface area contributed by atoms with Crippen LogP contribution in [0.4, 0.5) is 0 Å². The molecule has 0 spiro atoms. The largest absolute Gasteiger partial charge is 0.479 e. The third-order valence-corrected chi connectivity index (χ3v) is 6.05. The Balaban J connectivity index is 1.44. The highest BCUT2D eigenvalue weighted by molar-refractivity contribution is 5.67. The number of hydroxylamine groups is 1. The zero-order valence-corrected chi connectivity index (χ0v) is 14.1. The molecule has 0 amide bonds. The summed E-state index contributed by atoms with van der Waals surface area (Å²) in [5, 5.41) is 29.4. The summed E-state index contributed by atoms with van der Waals surface area (Å²) < 4.78 is 0. The molecule has 3 aliphatic carbocycles. The standard InChI is InChI=1S/C18H29NO5/c20-16(11-4-2-1-3-5-11)7-6-12-8-13-14(18(12)23)9-15(13)19-24-10-17(21)22/h11-12,14,16,18-20,23H,1-10H2,(H,21,22). The molecule has 0 aromatic carbocycles. The Morgan fingerprint density at radius 3 is 2.71 bits per heavy atom. The molecule has 2 saturated carbocycles. The van der Waals surface area contributed by atoms with E-state index in [4.69, 9.17) is 9.94 Å². The average Bonchev–Trinajstić information content (AvgIpc) is 2.81. The van der Waals surface area contributed by atoms with Crippen LogP contribution in [-0.2, 0) is 9.63 Å². The number of carboxylic acids is 1. The van der Waals surface area contributed by atoms with Gasteiger partial charge in [0.2, 0.25) is 0 Å².